The molecule has 0 radical (unpaired) electrons. The molecule has 0 heterocycles. The highest BCUT2D eigenvalue weighted by Gasteiger charge is 2.34. The summed E-state index contributed by atoms with van der Waals surface area (Å²) in [4.78, 5) is 24.1. The van der Waals surface area contributed by atoms with Gasteiger partial charge in [0.05, 0.1) is 19.8 Å². The number of hydrogen-bond donors (Lipinski definition) is 0. The minimum absolute atomic E-state index is 0.0280. The minimum atomic E-state index is -0.353. The maximum absolute atomic E-state index is 12.1. The zero-order valence-corrected chi connectivity index (χ0v) is 10.6. The van der Waals surface area contributed by atoms with Crippen LogP contribution in [-0.2, 0) is 19.1 Å². The maximum Gasteiger partial charge on any atom is 0.262 e. The average Bonchev–Trinajstić information content (AvgIpc) is 2.41. The van der Waals surface area contributed by atoms with Crippen molar-refractivity contribution in [2.45, 2.75) is 19.3 Å². The van der Waals surface area contributed by atoms with Gasteiger partial charge in [-0.3, -0.25) is 9.59 Å². The zero-order chi connectivity index (χ0) is 13.1. The lowest BCUT2D eigenvalue weighted by Gasteiger charge is -2.23. The van der Waals surface area contributed by atoms with Crippen molar-refractivity contribution < 1.29 is 19.1 Å². The Morgan fingerprint density at radius 2 is 2.00 bits per heavy atom. The number of Topliss-reactive ketones (excluding diaryl/α,β-unsaturated/α-hetero) is 1. The van der Waals surface area contributed by atoms with Gasteiger partial charge in [-0.1, -0.05) is 12.2 Å². The quantitative estimate of drug-likeness (QED) is 0.565. The van der Waals surface area contributed by atoms with E-state index in [2.05, 4.69) is 0 Å². The summed E-state index contributed by atoms with van der Waals surface area (Å²) in [6.45, 7) is 0. The Kier molecular flexibility index (Phi) is 3.65. The first-order chi connectivity index (χ1) is 8.69. The van der Waals surface area contributed by atoms with E-state index >= 15 is 0 Å². The van der Waals surface area contributed by atoms with Crippen molar-refractivity contribution in [3.63, 3.8) is 0 Å². The van der Waals surface area contributed by atoms with E-state index in [-0.39, 0.29) is 29.0 Å². The first-order valence-corrected chi connectivity index (χ1v) is 5.98. The average molecular weight is 248 g/mol. The molecule has 0 spiro atoms. The molecule has 96 valence electrons. The summed E-state index contributed by atoms with van der Waals surface area (Å²) in [6, 6.07) is 0. The SMILES string of the molecule is COC1=CC(=O)C(C2C=CCCC2)=C(OC)C1=O. The van der Waals surface area contributed by atoms with Crippen LogP contribution >= 0.6 is 0 Å². The highest BCUT2D eigenvalue weighted by atomic mass is 16.5. The topological polar surface area (TPSA) is 52.6 Å². The van der Waals surface area contributed by atoms with Gasteiger partial charge in [0.15, 0.2) is 17.3 Å². The summed E-state index contributed by atoms with van der Waals surface area (Å²) in [7, 11) is 2.78. The summed E-state index contributed by atoms with van der Waals surface area (Å²) in [5.74, 6) is -0.412. The van der Waals surface area contributed by atoms with Gasteiger partial charge >= 0.3 is 0 Å². The number of rotatable bonds is 3. The summed E-state index contributed by atoms with van der Waals surface area (Å²) >= 11 is 0. The smallest absolute Gasteiger partial charge is 0.262 e. The minimum Gasteiger partial charge on any atom is -0.492 e. The molecule has 4 nitrogen and oxygen atoms in total. The standard InChI is InChI=1S/C14H16O4/c1-17-11-8-10(15)12(14(18-2)13(11)16)9-6-4-3-5-7-9/h4,6,8-9H,3,5,7H2,1-2H3. The third-order valence-corrected chi connectivity index (χ3v) is 3.25. The van der Waals surface area contributed by atoms with E-state index in [4.69, 9.17) is 9.47 Å². The van der Waals surface area contributed by atoms with E-state index in [1.165, 1.54) is 20.3 Å². The lowest BCUT2D eigenvalue weighted by molar-refractivity contribution is -0.121. The van der Waals surface area contributed by atoms with Crippen molar-refractivity contribution >= 4 is 11.6 Å². The number of allylic oxidation sites excluding steroid dienone is 4. The van der Waals surface area contributed by atoms with Crippen LogP contribution in [0.1, 0.15) is 19.3 Å². The van der Waals surface area contributed by atoms with Crippen molar-refractivity contribution in [1.82, 2.24) is 0 Å². The number of ether oxygens (including phenoxy) is 2. The molecule has 0 saturated heterocycles. The summed E-state index contributed by atoms with van der Waals surface area (Å²) in [6.07, 6.45) is 8.18. The van der Waals surface area contributed by atoms with Crippen LogP contribution in [0.5, 0.6) is 0 Å². The molecule has 2 rings (SSSR count). The van der Waals surface area contributed by atoms with Crippen molar-refractivity contribution in [2.24, 2.45) is 5.92 Å². The molecule has 1 atom stereocenters. The fourth-order valence-electron chi connectivity index (χ4n) is 2.37. The van der Waals surface area contributed by atoms with Gasteiger partial charge in [0.2, 0.25) is 0 Å². The van der Waals surface area contributed by atoms with Gasteiger partial charge in [0, 0.05) is 12.0 Å². The Hall–Kier alpha value is -1.84. The molecule has 0 saturated carbocycles. The molecular weight excluding hydrogens is 232 g/mol. The Balaban J connectivity index is 2.42. The van der Waals surface area contributed by atoms with E-state index in [0.29, 0.717) is 5.57 Å². The molecule has 4 heteroatoms. The second-order valence-electron chi connectivity index (χ2n) is 4.32. The predicted molar refractivity (Wildman–Crippen MR) is 65.6 cm³/mol. The molecule has 0 aromatic rings. The normalized spacial score (nSPS) is 24.1. The second kappa shape index (κ2) is 5.21. The molecule has 2 aliphatic carbocycles. The summed E-state index contributed by atoms with van der Waals surface area (Å²) < 4.78 is 10.0. The van der Waals surface area contributed by atoms with Crippen molar-refractivity contribution in [3.05, 3.63) is 35.3 Å². The summed E-state index contributed by atoms with van der Waals surface area (Å²) in [5, 5.41) is 0. The molecule has 1 unspecified atom stereocenters. The van der Waals surface area contributed by atoms with Crippen LogP contribution in [0.25, 0.3) is 0 Å². The Labute approximate surface area is 106 Å². The van der Waals surface area contributed by atoms with Crippen molar-refractivity contribution in [2.75, 3.05) is 14.2 Å². The predicted octanol–water partition coefficient (Wildman–Crippen LogP) is 1.93. The largest absolute Gasteiger partial charge is 0.492 e. The van der Waals surface area contributed by atoms with Gasteiger partial charge in [-0.25, -0.2) is 0 Å². The third-order valence-electron chi connectivity index (χ3n) is 3.25. The fourth-order valence-corrected chi connectivity index (χ4v) is 2.37. The van der Waals surface area contributed by atoms with Crippen LogP contribution in [0.3, 0.4) is 0 Å². The van der Waals surface area contributed by atoms with E-state index in [0.717, 1.165) is 19.3 Å². The molecule has 0 aromatic heterocycles. The first kappa shape index (κ1) is 12.6. The van der Waals surface area contributed by atoms with Crippen LogP contribution < -0.4 is 0 Å². The first-order valence-electron chi connectivity index (χ1n) is 5.98. The van der Waals surface area contributed by atoms with Gasteiger partial charge in [0.25, 0.3) is 5.78 Å². The lowest BCUT2D eigenvalue weighted by atomic mass is 9.83. The fraction of sp³-hybridized carbons (Fsp3) is 0.429. The Morgan fingerprint density at radius 3 is 2.56 bits per heavy atom. The summed E-state index contributed by atoms with van der Waals surface area (Å²) in [5.41, 5.74) is 0.458. The van der Waals surface area contributed by atoms with Gasteiger partial charge in [-0.15, -0.1) is 0 Å². The van der Waals surface area contributed by atoms with Gasteiger partial charge in [-0.2, -0.15) is 0 Å². The molecule has 2 aliphatic rings. The third kappa shape index (κ3) is 2.10. The monoisotopic (exact) mass is 248 g/mol. The molecule has 0 aromatic carbocycles. The highest BCUT2D eigenvalue weighted by Crippen LogP contribution is 2.31. The molecule has 0 aliphatic heterocycles. The molecular formula is C14H16O4. The molecule has 0 amide bonds. The van der Waals surface area contributed by atoms with Crippen LogP contribution in [0.15, 0.2) is 35.3 Å². The number of methoxy groups -OCH3 is 2. The van der Waals surface area contributed by atoms with E-state index in [9.17, 15) is 9.59 Å². The molecule has 0 N–H and O–H groups in total. The molecule has 18 heavy (non-hydrogen) atoms. The number of carbonyl (C=O) groups is 2. The number of hydrogen-bond acceptors (Lipinski definition) is 4. The zero-order valence-electron chi connectivity index (χ0n) is 10.6. The van der Waals surface area contributed by atoms with Crippen LogP contribution in [0.4, 0.5) is 0 Å². The van der Waals surface area contributed by atoms with Gasteiger partial charge < -0.3 is 9.47 Å². The van der Waals surface area contributed by atoms with E-state index < -0.39 is 0 Å². The van der Waals surface area contributed by atoms with Crippen LogP contribution in [0.2, 0.25) is 0 Å². The van der Waals surface area contributed by atoms with Gasteiger partial charge in [-0.05, 0) is 19.3 Å². The second-order valence-corrected chi connectivity index (χ2v) is 4.32. The van der Waals surface area contributed by atoms with Crippen LogP contribution in [0, 0.1) is 5.92 Å². The van der Waals surface area contributed by atoms with Gasteiger partial charge in [0.1, 0.15) is 0 Å². The van der Waals surface area contributed by atoms with Crippen LogP contribution in [-0.4, -0.2) is 25.8 Å². The Morgan fingerprint density at radius 1 is 1.22 bits per heavy atom. The molecule has 0 bridgehead atoms. The van der Waals surface area contributed by atoms with E-state index in [1.54, 1.807) is 0 Å². The van der Waals surface area contributed by atoms with Crippen molar-refractivity contribution in [3.8, 4) is 0 Å². The van der Waals surface area contributed by atoms with E-state index in [1.807, 2.05) is 12.2 Å². The maximum atomic E-state index is 12.1. The highest BCUT2D eigenvalue weighted by molar-refractivity contribution is 6.21. The van der Waals surface area contributed by atoms with Crippen molar-refractivity contribution in [1.29, 1.82) is 0 Å². The Bertz CT molecular complexity index is 468. The number of carbonyl (C=O) groups excluding carboxylic acids is 2. The molecule has 0 fully saturated rings. The number of ketones is 2. The lowest BCUT2D eigenvalue weighted by Crippen LogP contribution is -2.25.